The Morgan fingerprint density at radius 3 is 2.36 bits per heavy atom. The maximum Gasteiger partial charge on any atom is 0.257 e. The molecule has 1 amide bonds. The molecule has 0 heterocycles. The normalized spacial score (nSPS) is 11.5. The SMILES string of the molecule is CCCCCCCOc1ccc(C(=O)NC(=S)NC(C)c2ccccc2)cc1. The molecule has 150 valence electrons. The third-order valence-corrected chi connectivity index (χ3v) is 4.73. The van der Waals surface area contributed by atoms with Crippen LogP contribution in [0.5, 0.6) is 5.75 Å². The second kappa shape index (κ2) is 12.1. The Labute approximate surface area is 173 Å². The van der Waals surface area contributed by atoms with Crippen molar-refractivity contribution in [3.8, 4) is 5.75 Å². The molecule has 28 heavy (non-hydrogen) atoms. The first-order chi connectivity index (χ1) is 13.6. The Morgan fingerprint density at radius 2 is 1.68 bits per heavy atom. The summed E-state index contributed by atoms with van der Waals surface area (Å²) in [6, 6.07) is 17.1. The van der Waals surface area contributed by atoms with Gasteiger partial charge in [0.2, 0.25) is 0 Å². The maximum absolute atomic E-state index is 12.4. The Morgan fingerprint density at radius 1 is 1.00 bits per heavy atom. The topological polar surface area (TPSA) is 50.4 Å². The minimum atomic E-state index is -0.233. The number of thiocarbonyl (C=S) groups is 1. The van der Waals surface area contributed by atoms with Crippen molar-refractivity contribution >= 4 is 23.2 Å². The fraction of sp³-hybridized carbons (Fsp3) is 0.391. The van der Waals surface area contributed by atoms with E-state index in [1.54, 1.807) is 12.1 Å². The largest absolute Gasteiger partial charge is 0.494 e. The molecule has 2 N–H and O–H groups in total. The van der Waals surface area contributed by atoms with Crippen LogP contribution in [0.3, 0.4) is 0 Å². The third-order valence-electron chi connectivity index (χ3n) is 4.51. The van der Waals surface area contributed by atoms with E-state index >= 15 is 0 Å². The fourth-order valence-corrected chi connectivity index (χ4v) is 3.10. The highest BCUT2D eigenvalue weighted by Gasteiger charge is 2.11. The van der Waals surface area contributed by atoms with E-state index < -0.39 is 0 Å². The first-order valence-electron chi connectivity index (χ1n) is 9.99. The molecular formula is C23H30N2O2S. The van der Waals surface area contributed by atoms with Gasteiger partial charge in [0, 0.05) is 5.56 Å². The van der Waals surface area contributed by atoms with Crippen LogP contribution < -0.4 is 15.4 Å². The van der Waals surface area contributed by atoms with Crippen molar-refractivity contribution in [1.29, 1.82) is 0 Å². The summed E-state index contributed by atoms with van der Waals surface area (Å²) in [4.78, 5) is 12.4. The summed E-state index contributed by atoms with van der Waals surface area (Å²) in [5.41, 5.74) is 1.65. The highest BCUT2D eigenvalue weighted by atomic mass is 32.1. The number of carbonyl (C=O) groups excluding carboxylic acids is 1. The molecule has 2 rings (SSSR count). The number of hydrogen-bond donors (Lipinski definition) is 2. The molecule has 1 unspecified atom stereocenters. The molecule has 4 nitrogen and oxygen atoms in total. The predicted molar refractivity (Wildman–Crippen MR) is 119 cm³/mol. The molecule has 0 radical (unpaired) electrons. The van der Waals surface area contributed by atoms with E-state index in [0.29, 0.717) is 17.3 Å². The second-order valence-corrected chi connectivity index (χ2v) is 7.26. The van der Waals surface area contributed by atoms with Gasteiger partial charge in [0.25, 0.3) is 5.91 Å². The Balaban J connectivity index is 1.75. The molecule has 2 aromatic carbocycles. The van der Waals surface area contributed by atoms with Crippen LogP contribution in [0.1, 0.15) is 67.9 Å². The van der Waals surface area contributed by atoms with Crippen LogP contribution >= 0.6 is 12.2 Å². The summed E-state index contributed by atoms with van der Waals surface area (Å²) in [7, 11) is 0. The standard InChI is InChI=1S/C23H30N2O2S/c1-3-4-5-6-10-17-27-21-15-13-20(14-16-21)22(26)25-23(28)24-18(2)19-11-8-7-9-12-19/h7-9,11-16,18H,3-6,10,17H2,1-2H3,(H2,24,25,26,28). The second-order valence-electron chi connectivity index (χ2n) is 6.85. The lowest BCUT2D eigenvalue weighted by atomic mass is 10.1. The number of carbonyl (C=O) groups is 1. The zero-order chi connectivity index (χ0) is 20.2. The lowest BCUT2D eigenvalue weighted by Gasteiger charge is -2.16. The van der Waals surface area contributed by atoms with Crippen LogP contribution in [0.15, 0.2) is 54.6 Å². The maximum atomic E-state index is 12.4. The predicted octanol–water partition coefficient (Wildman–Crippen LogP) is 5.40. The van der Waals surface area contributed by atoms with Gasteiger partial charge < -0.3 is 10.1 Å². The Hall–Kier alpha value is -2.40. The van der Waals surface area contributed by atoms with Crippen LogP contribution in [-0.2, 0) is 0 Å². The zero-order valence-electron chi connectivity index (χ0n) is 16.7. The van der Waals surface area contributed by atoms with Crippen molar-refractivity contribution in [1.82, 2.24) is 10.6 Å². The van der Waals surface area contributed by atoms with Crippen molar-refractivity contribution in [3.63, 3.8) is 0 Å². The first-order valence-corrected chi connectivity index (χ1v) is 10.4. The van der Waals surface area contributed by atoms with E-state index in [-0.39, 0.29) is 11.9 Å². The first kappa shape index (κ1) is 21.9. The molecule has 5 heteroatoms. The van der Waals surface area contributed by atoms with Crippen LogP contribution in [0, 0.1) is 0 Å². The molecule has 0 fully saturated rings. The third kappa shape index (κ3) is 7.69. The lowest BCUT2D eigenvalue weighted by molar-refractivity contribution is 0.0976. The summed E-state index contributed by atoms with van der Waals surface area (Å²) in [5.74, 6) is 0.550. The molecule has 0 aliphatic heterocycles. The molecule has 0 saturated heterocycles. The average molecular weight is 399 g/mol. The van der Waals surface area contributed by atoms with E-state index in [2.05, 4.69) is 17.6 Å². The smallest absolute Gasteiger partial charge is 0.257 e. The quantitative estimate of drug-likeness (QED) is 0.415. The summed E-state index contributed by atoms with van der Waals surface area (Å²) >= 11 is 5.27. The minimum Gasteiger partial charge on any atom is -0.494 e. The van der Waals surface area contributed by atoms with Gasteiger partial charge in [0.1, 0.15) is 5.75 Å². The van der Waals surface area contributed by atoms with E-state index in [0.717, 1.165) is 17.7 Å². The fourth-order valence-electron chi connectivity index (χ4n) is 2.83. The Bertz CT molecular complexity index is 732. The number of hydrogen-bond acceptors (Lipinski definition) is 3. The van der Waals surface area contributed by atoms with Crippen molar-refractivity contribution < 1.29 is 9.53 Å². The van der Waals surface area contributed by atoms with Crippen molar-refractivity contribution in [2.75, 3.05) is 6.61 Å². The van der Waals surface area contributed by atoms with E-state index in [9.17, 15) is 4.79 Å². The number of ether oxygens (including phenoxy) is 1. The van der Waals surface area contributed by atoms with Crippen LogP contribution in [-0.4, -0.2) is 17.6 Å². The number of rotatable bonds is 10. The summed E-state index contributed by atoms with van der Waals surface area (Å²) < 4.78 is 5.73. The lowest BCUT2D eigenvalue weighted by Crippen LogP contribution is -2.40. The number of nitrogens with one attached hydrogen (secondary N) is 2. The van der Waals surface area contributed by atoms with E-state index in [4.69, 9.17) is 17.0 Å². The van der Waals surface area contributed by atoms with Gasteiger partial charge in [0.15, 0.2) is 5.11 Å². The van der Waals surface area contributed by atoms with Crippen LogP contribution in [0.2, 0.25) is 0 Å². The average Bonchev–Trinajstić information content (AvgIpc) is 2.71. The van der Waals surface area contributed by atoms with Crippen molar-refractivity contribution in [3.05, 3.63) is 65.7 Å². The monoisotopic (exact) mass is 398 g/mol. The van der Waals surface area contributed by atoms with Gasteiger partial charge in [-0.2, -0.15) is 0 Å². The molecule has 1 atom stereocenters. The highest BCUT2D eigenvalue weighted by molar-refractivity contribution is 7.80. The zero-order valence-corrected chi connectivity index (χ0v) is 17.6. The van der Waals surface area contributed by atoms with E-state index in [1.165, 1.54) is 25.7 Å². The molecule has 0 aromatic heterocycles. The van der Waals surface area contributed by atoms with Gasteiger partial charge in [0.05, 0.1) is 12.6 Å². The number of benzene rings is 2. The van der Waals surface area contributed by atoms with Crippen molar-refractivity contribution in [2.24, 2.45) is 0 Å². The molecule has 0 bridgehead atoms. The summed E-state index contributed by atoms with van der Waals surface area (Å²) in [5, 5.41) is 6.17. The molecule has 0 aliphatic rings. The molecule has 0 saturated carbocycles. The number of unbranched alkanes of at least 4 members (excludes halogenated alkanes) is 4. The van der Waals surface area contributed by atoms with Gasteiger partial charge in [-0.05, 0) is 55.4 Å². The van der Waals surface area contributed by atoms with Crippen LogP contribution in [0.25, 0.3) is 0 Å². The van der Waals surface area contributed by atoms with Gasteiger partial charge in [-0.3, -0.25) is 10.1 Å². The van der Waals surface area contributed by atoms with Gasteiger partial charge in [-0.1, -0.05) is 62.9 Å². The van der Waals surface area contributed by atoms with Crippen molar-refractivity contribution in [2.45, 2.75) is 52.0 Å². The minimum absolute atomic E-state index is 0.0158. The van der Waals surface area contributed by atoms with Crippen LogP contribution in [0.4, 0.5) is 0 Å². The van der Waals surface area contributed by atoms with Gasteiger partial charge in [-0.25, -0.2) is 0 Å². The molecule has 2 aromatic rings. The number of amides is 1. The van der Waals surface area contributed by atoms with Gasteiger partial charge >= 0.3 is 0 Å². The summed E-state index contributed by atoms with van der Waals surface area (Å²) in [6.45, 7) is 4.92. The molecule has 0 aliphatic carbocycles. The Kier molecular flexibility index (Phi) is 9.49. The molecule has 0 spiro atoms. The van der Waals surface area contributed by atoms with E-state index in [1.807, 2.05) is 49.4 Å². The summed E-state index contributed by atoms with van der Waals surface area (Å²) in [6.07, 6.45) is 6.04. The molecular weight excluding hydrogens is 368 g/mol. The van der Waals surface area contributed by atoms with Gasteiger partial charge in [-0.15, -0.1) is 0 Å². The highest BCUT2D eigenvalue weighted by Crippen LogP contribution is 2.14.